The Kier molecular flexibility index (Phi) is 3.11. The summed E-state index contributed by atoms with van der Waals surface area (Å²) in [6, 6.07) is 10.6. The van der Waals surface area contributed by atoms with E-state index >= 15 is 0 Å². The van der Waals surface area contributed by atoms with Crippen molar-refractivity contribution in [3.8, 4) is 0 Å². The average Bonchev–Trinajstić information content (AvgIpc) is 2.18. The maximum absolute atomic E-state index is 2.30. The molecule has 0 aliphatic heterocycles. The molecular formula is C12H10Li2. The number of benzene rings is 1. The van der Waals surface area contributed by atoms with E-state index < -0.39 is 0 Å². The molecule has 0 spiro atoms. The van der Waals surface area contributed by atoms with Crippen molar-refractivity contribution < 1.29 is 0 Å². The van der Waals surface area contributed by atoms with Gasteiger partial charge in [-0.2, -0.15) is 0 Å². The van der Waals surface area contributed by atoms with Gasteiger partial charge in [-0.1, -0.05) is 0 Å². The zero-order chi connectivity index (χ0) is 10.0. The third-order valence-electron chi connectivity index (χ3n) is 2.84. The van der Waals surface area contributed by atoms with Crippen molar-refractivity contribution in [1.29, 1.82) is 0 Å². The van der Waals surface area contributed by atoms with Crippen LogP contribution in [0.3, 0.4) is 0 Å². The first-order chi connectivity index (χ1) is 6.70. The van der Waals surface area contributed by atoms with Gasteiger partial charge in [0.25, 0.3) is 0 Å². The second-order valence-electron chi connectivity index (χ2n) is 4.46. The molecule has 0 fully saturated rings. The van der Waals surface area contributed by atoms with Crippen molar-refractivity contribution in [3.05, 3.63) is 54.1 Å². The monoisotopic (exact) mass is 168 g/mol. The van der Waals surface area contributed by atoms with Crippen LogP contribution in [-0.4, -0.2) is 35.4 Å². The molecule has 1 aromatic rings. The van der Waals surface area contributed by atoms with Crippen LogP contribution in [0.5, 0.6) is 0 Å². The van der Waals surface area contributed by atoms with E-state index in [4.69, 9.17) is 0 Å². The molecule has 14 heavy (non-hydrogen) atoms. The Labute approximate surface area is 104 Å². The van der Waals surface area contributed by atoms with E-state index in [1.54, 1.807) is 0 Å². The second-order valence-corrected chi connectivity index (χ2v) is 4.46. The van der Waals surface area contributed by atoms with Gasteiger partial charge in [-0.25, -0.2) is 0 Å². The summed E-state index contributed by atoms with van der Waals surface area (Å²) in [4.78, 5) is 0. The minimum atomic E-state index is 0.274. The first-order valence-corrected chi connectivity index (χ1v) is 5.13. The predicted octanol–water partition coefficient (Wildman–Crippen LogP) is 2.48. The normalized spacial score (nSPS) is 19.3. The quantitative estimate of drug-likeness (QED) is 0.565. The van der Waals surface area contributed by atoms with Gasteiger partial charge in [0.15, 0.2) is 0 Å². The summed E-state index contributed by atoms with van der Waals surface area (Å²) in [5, 5.41) is 0. The molecule has 0 atom stereocenters. The first-order valence-electron chi connectivity index (χ1n) is 5.13. The van der Waals surface area contributed by atoms with Crippen LogP contribution in [-0.2, 0) is 0 Å². The molecule has 0 radical (unpaired) electrons. The van der Waals surface area contributed by atoms with E-state index in [1.807, 2.05) is 0 Å². The summed E-state index contributed by atoms with van der Waals surface area (Å²) < 4.78 is 0.274. The number of rotatable bonds is 1. The Morgan fingerprint density at radius 1 is 1.07 bits per heavy atom. The van der Waals surface area contributed by atoms with Crippen LogP contribution in [0.4, 0.5) is 0 Å². The number of hydrogen-bond donors (Lipinski definition) is 0. The van der Waals surface area contributed by atoms with Gasteiger partial charge in [0.2, 0.25) is 0 Å². The molecular weight excluding hydrogens is 158 g/mol. The van der Waals surface area contributed by atoms with Gasteiger partial charge in [0.1, 0.15) is 0 Å². The van der Waals surface area contributed by atoms with E-state index in [1.165, 1.54) is 11.1 Å². The minimum absolute atomic E-state index is 0.274. The molecule has 0 unspecified atom stereocenters. The van der Waals surface area contributed by atoms with Crippen molar-refractivity contribution in [2.24, 2.45) is 0 Å². The van der Waals surface area contributed by atoms with Gasteiger partial charge in [0, 0.05) is 0 Å². The predicted molar refractivity (Wildman–Crippen MR) is 62.4 cm³/mol. The Morgan fingerprint density at radius 3 is 2.43 bits per heavy atom. The van der Waals surface area contributed by atoms with E-state index in [2.05, 4.69) is 84.0 Å². The van der Waals surface area contributed by atoms with Crippen LogP contribution in [0.25, 0.3) is 5.57 Å². The molecule has 0 nitrogen and oxygen atoms in total. The van der Waals surface area contributed by atoms with Crippen molar-refractivity contribution in [2.75, 3.05) is 0 Å². The SMILES string of the molecule is [Li][C]1([Li])CC=CC=C1c1ccccc1. The third kappa shape index (κ3) is 2.11. The Balaban J connectivity index is 2.43. The Bertz CT molecular complexity index is 375. The Hall–Kier alpha value is -0.105. The molecule has 0 heterocycles. The van der Waals surface area contributed by atoms with Crippen molar-refractivity contribution in [1.82, 2.24) is 0 Å². The topological polar surface area (TPSA) is 0 Å². The van der Waals surface area contributed by atoms with Crippen LogP contribution in [0.2, 0.25) is 2.76 Å². The molecule has 1 aliphatic carbocycles. The van der Waals surface area contributed by atoms with Gasteiger partial charge in [0.05, 0.1) is 0 Å². The summed E-state index contributed by atoms with van der Waals surface area (Å²) in [5.41, 5.74) is 2.79. The van der Waals surface area contributed by atoms with Gasteiger partial charge < -0.3 is 0 Å². The summed E-state index contributed by atoms with van der Waals surface area (Å²) in [6.07, 6.45) is 7.77. The van der Waals surface area contributed by atoms with Crippen LogP contribution >= 0.6 is 0 Å². The van der Waals surface area contributed by atoms with Crippen LogP contribution < -0.4 is 0 Å². The summed E-state index contributed by atoms with van der Waals surface area (Å²) in [6.45, 7) is 0. The van der Waals surface area contributed by atoms with Gasteiger partial charge in [-0.05, 0) is 0 Å². The van der Waals surface area contributed by atoms with Crippen molar-refractivity contribution >= 4 is 41.0 Å². The van der Waals surface area contributed by atoms with E-state index in [9.17, 15) is 0 Å². The number of hydrogen-bond acceptors (Lipinski definition) is 0. The van der Waals surface area contributed by atoms with E-state index in [-0.39, 0.29) is 2.76 Å². The fourth-order valence-corrected chi connectivity index (χ4v) is 1.97. The fourth-order valence-electron chi connectivity index (χ4n) is 1.97. The third-order valence-corrected chi connectivity index (χ3v) is 2.84. The molecule has 0 aromatic heterocycles. The number of allylic oxidation sites excluding steroid dienone is 4. The van der Waals surface area contributed by atoms with Gasteiger partial charge in [-0.15, -0.1) is 0 Å². The molecule has 60 valence electrons. The second kappa shape index (κ2) is 4.18. The van der Waals surface area contributed by atoms with Crippen LogP contribution in [0.15, 0.2) is 48.6 Å². The molecule has 0 N–H and O–H groups in total. The van der Waals surface area contributed by atoms with Crippen molar-refractivity contribution in [3.63, 3.8) is 0 Å². The van der Waals surface area contributed by atoms with Crippen LogP contribution in [0, 0.1) is 0 Å². The van der Waals surface area contributed by atoms with Crippen molar-refractivity contribution in [2.45, 2.75) is 9.18 Å². The van der Waals surface area contributed by atoms with Crippen LogP contribution in [0.1, 0.15) is 12.0 Å². The average molecular weight is 168 g/mol. The zero-order valence-corrected chi connectivity index (χ0v) is 8.83. The molecule has 1 aliphatic rings. The molecule has 0 saturated carbocycles. The summed E-state index contributed by atoms with van der Waals surface area (Å²) >= 11 is 4.60. The standard InChI is InChI=1S/C12H10.2Li/c1-3-7-11(8-4-1)12-9-5-2-6-10-12;;/h1-5,7-9H,6H2;;. The molecule has 2 rings (SSSR count). The molecule has 0 bridgehead atoms. The molecule has 0 amide bonds. The molecule has 2 heteroatoms. The Morgan fingerprint density at radius 2 is 1.79 bits per heavy atom. The van der Waals surface area contributed by atoms with Gasteiger partial charge in [-0.3, -0.25) is 0 Å². The fraction of sp³-hybridized carbons (Fsp3) is 0.167. The maximum atomic E-state index is 2.30. The first kappa shape index (κ1) is 10.4. The van der Waals surface area contributed by atoms with E-state index in [0.717, 1.165) is 6.42 Å². The summed E-state index contributed by atoms with van der Waals surface area (Å²) in [5.74, 6) is 0. The zero-order valence-electron chi connectivity index (χ0n) is 8.83. The van der Waals surface area contributed by atoms with E-state index in [0.29, 0.717) is 0 Å². The summed E-state index contributed by atoms with van der Waals surface area (Å²) in [7, 11) is 0. The molecule has 0 saturated heterocycles. The molecule has 1 aromatic carbocycles. The van der Waals surface area contributed by atoms with Gasteiger partial charge >= 0.3 is 104 Å².